The number of nitrogens with one attached hydrogen (secondary N) is 2. The fourth-order valence-corrected chi connectivity index (χ4v) is 2.82. The minimum absolute atomic E-state index is 0.177. The Balaban J connectivity index is 2.35. The van der Waals surface area contributed by atoms with Crippen LogP contribution in [0, 0.1) is 6.92 Å². The lowest BCUT2D eigenvalue weighted by Crippen LogP contribution is -2.14. The van der Waals surface area contributed by atoms with Crippen LogP contribution in [0.1, 0.15) is 18.1 Å². The van der Waals surface area contributed by atoms with Crippen LogP contribution >= 0.6 is 0 Å². The maximum atomic E-state index is 12.2. The predicted molar refractivity (Wildman–Crippen MR) is 74.4 cm³/mol. The standard InChI is InChI=1S/C12H16N4O2S/c1-3-9-7-14-15-12(9)16-19(17,18)10-4-5-11(13)8(2)6-10/h4-7H,3,13H2,1-2H3,(H2,14,15,16). The summed E-state index contributed by atoms with van der Waals surface area (Å²) in [6, 6.07) is 4.60. The van der Waals surface area contributed by atoms with Gasteiger partial charge in [0.15, 0.2) is 0 Å². The molecule has 0 spiro atoms. The van der Waals surface area contributed by atoms with Gasteiger partial charge in [-0.1, -0.05) is 6.92 Å². The molecule has 0 unspecified atom stereocenters. The Morgan fingerprint density at radius 1 is 1.42 bits per heavy atom. The van der Waals surface area contributed by atoms with E-state index in [9.17, 15) is 8.42 Å². The van der Waals surface area contributed by atoms with Gasteiger partial charge in [0, 0.05) is 11.3 Å². The van der Waals surface area contributed by atoms with E-state index in [1.54, 1.807) is 25.3 Å². The quantitative estimate of drug-likeness (QED) is 0.741. The van der Waals surface area contributed by atoms with Crippen molar-refractivity contribution >= 4 is 21.5 Å². The normalized spacial score (nSPS) is 11.5. The summed E-state index contributed by atoms with van der Waals surface area (Å²) in [6.45, 7) is 3.69. The molecule has 0 saturated carbocycles. The first-order chi connectivity index (χ1) is 8.94. The number of nitrogens with two attached hydrogens (primary N) is 1. The SMILES string of the molecule is CCc1cn[nH]c1NS(=O)(=O)c1ccc(N)c(C)c1. The first-order valence-electron chi connectivity index (χ1n) is 5.85. The molecular formula is C12H16N4O2S. The van der Waals surface area contributed by atoms with Crippen molar-refractivity contribution in [3.05, 3.63) is 35.5 Å². The molecule has 2 aromatic rings. The monoisotopic (exact) mass is 280 g/mol. The molecule has 0 saturated heterocycles. The number of sulfonamides is 1. The molecule has 1 heterocycles. The van der Waals surface area contributed by atoms with Gasteiger partial charge in [-0.05, 0) is 37.1 Å². The lowest BCUT2D eigenvalue weighted by atomic mass is 10.2. The predicted octanol–water partition coefficient (Wildman–Crippen LogP) is 1.66. The number of aryl methyl sites for hydroxylation is 2. The van der Waals surface area contributed by atoms with E-state index >= 15 is 0 Å². The van der Waals surface area contributed by atoms with Gasteiger partial charge in [-0.15, -0.1) is 0 Å². The van der Waals surface area contributed by atoms with Crippen molar-refractivity contribution in [2.24, 2.45) is 0 Å². The molecule has 0 bridgehead atoms. The largest absolute Gasteiger partial charge is 0.399 e. The summed E-state index contributed by atoms with van der Waals surface area (Å²) in [6.07, 6.45) is 2.29. The summed E-state index contributed by atoms with van der Waals surface area (Å²) in [5, 5.41) is 6.47. The summed E-state index contributed by atoms with van der Waals surface area (Å²) in [7, 11) is -3.63. The van der Waals surface area contributed by atoms with E-state index in [1.807, 2.05) is 6.92 Å². The van der Waals surface area contributed by atoms with Crippen LogP contribution < -0.4 is 10.5 Å². The van der Waals surface area contributed by atoms with Crippen LogP contribution in [0.5, 0.6) is 0 Å². The molecule has 0 aliphatic rings. The van der Waals surface area contributed by atoms with E-state index in [2.05, 4.69) is 14.9 Å². The molecule has 0 amide bonds. The Morgan fingerprint density at radius 2 is 2.16 bits per heavy atom. The maximum Gasteiger partial charge on any atom is 0.263 e. The van der Waals surface area contributed by atoms with Crippen molar-refractivity contribution in [2.45, 2.75) is 25.2 Å². The molecule has 0 aliphatic heterocycles. The van der Waals surface area contributed by atoms with Crippen molar-refractivity contribution in [1.82, 2.24) is 10.2 Å². The van der Waals surface area contributed by atoms with Crippen molar-refractivity contribution in [3.8, 4) is 0 Å². The number of aromatic nitrogens is 2. The van der Waals surface area contributed by atoms with Crippen molar-refractivity contribution in [3.63, 3.8) is 0 Å². The zero-order chi connectivity index (χ0) is 14.0. The van der Waals surface area contributed by atoms with Gasteiger partial charge in [-0.2, -0.15) is 5.10 Å². The highest BCUT2D eigenvalue weighted by atomic mass is 32.2. The van der Waals surface area contributed by atoms with Crippen molar-refractivity contribution < 1.29 is 8.42 Å². The van der Waals surface area contributed by atoms with E-state index in [4.69, 9.17) is 5.73 Å². The highest BCUT2D eigenvalue weighted by molar-refractivity contribution is 7.92. The molecule has 0 fully saturated rings. The number of H-pyrrole nitrogens is 1. The number of hydrogen-bond acceptors (Lipinski definition) is 4. The molecule has 2 rings (SSSR count). The Morgan fingerprint density at radius 3 is 2.79 bits per heavy atom. The van der Waals surface area contributed by atoms with E-state index in [-0.39, 0.29) is 4.90 Å². The Bertz CT molecular complexity index is 692. The average Bonchev–Trinajstić information content (AvgIpc) is 2.79. The second-order valence-electron chi connectivity index (χ2n) is 4.25. The molecule has 1 aromatic heterocycles. The van der Waals surface area contributed by atoms with Crippen LogP contribution in [0.2, 0.25) is 0 Å². The molecule has 19 heavy (non-hydrogen) atoms. The molecule has 7 heteroatoms. The fraction of sp³-hybridized carbons (Fsp3) is 0.250. The Kier molecular flexibility index (Phi) is 3.48. The van der Waals surface area contributed by atoms with Gasteiger partial charge in [-0.25, -0.2) is 8.42 Å². The number of benzene rings is 1. The summed E-state index contributed by atoms with van der Waals surface area (Å²) in [5.41, 5.74) is 7.79. The van der Waals surface area contributed by atoms with Crippen LogP contribution in [0.15, 0.2) is 29.3 Å². The molecule has 1 aromatic carbocycles. The fourth-order valence-electron chi connectivity index (χ4n) is 1.68. The molecule has 6 nitrogen and oxygen atoms in total. The number of nitrogen functional groups attached to an aromatic ring is 1. The molecule has 102 valence electrons. The third kappa shape index (κ3) is 2.70. The zero-order valence-electron chi connectivity index (χ0n) is 10.8. The zero-order valence-corrected chi connectivity index (χ0v) is 11.6. The maximum absolute atomic E-state index is 12.2. The van der Waals surface area contributed by atoms with Crippen LogP contribution in [0.4, 0.5) is 11.5 Å². The number of nitrogens with zero attached hydrogens (tertiary/aromatic N) is 1. The van der Waals surface area contributed by atoms with E-state index in [1.165, 1.54) is 6.07 Å². The first kappa shape index (κ1) is 13.4. The van der Waals surface area contributed by atoms with Crippen LogP contribution in [-0.4, -0.2) is 18.6 Å². The van der Waals surface area contributed by atoms with Gasteiger partial charge in [0.05, 0.1) is 11.1 Å². The molecule has 0 atom stereocenters. The van der Waals surface area contributed by atoms with Gasteiger partial charge in [-0.3, -0.25) is 9.82 Å². The summed E-state index contributed by atoms with van der Waals surface area (Å²) >= 11 is 0. The summed E-state index contributed by atoms with van der Waals surface area (Å²) in [4.78, 5) is 0.177. The van der Waals surface area contributed by atoms with Gasteiger partial charge >= 0.3 is 0 Å². The summed E-state index contributed by atoms with van der Waals surface area (Å²) < 4.78 is 27.0. The Labute approximate surface area is 112 Å². The van der Waals surface area contributed by atoms with E-state index in [0.29, 0.717) is 17.9 Å². The highest BCUT2D eigenvalue weighted by Gasteiger charge is 2.17. The minimum atomic E-state index is -3.63. The van der Waals surface area contributed by atoms with Gasteiger partial charge < -0.3 is 5.73 Å². The smallest absolute Gasteiger partial charge is 0.263 e. The number of aromatic amines is 1. The van der Waals surface area contributed by atoms with Crippen LogP contribution in [0.3, 0.4) is 0 Å². The minimum Gasteiger partial charge on any atom is -0.399 e. The Hall–Kier alpha value is -2.02. The average molecular weight is 280 g/mol. The molecular weight excluding hydrogens is 264 g/mol. The van der Waals surface area contributed by atoms with Gasteiger partial charge in [0.25, 0.3) is 10.0 Å². The molecule has 0 aliphatic carbocycles. The number of rotatable bonds is 4. The van der Waals surface area contributed by atoms with Crippen LogP contribution in [0.25, 0.3) is 0 Å². The van der Waals surface area contributed by atoms with Gasteiger partial charge in [0.2, 0.25) is 0 Å². The van der Waals surface area contributed by atoms with Crippen LogP contribution in [-0.2, 0) is 16.4 Å². The van der Waals surface area contributed by atoms with E-state index < -0.39 is 10.0 Å². The summed E-state index contributed by atoms with van der Waals surface area (Å²) in [5.74, 6) is 0.400. The van der Waals surface area contributed by atoms with E-state index in [0.717, 1.165) is 11.1 Å². The highest BCUT2D eigenvalue weighted by Crippen LogP contribution is 2.21. The lowest BCUT2D eigenvalue weighted by Gasteiger charge is -2.09. The number of hydrogen-bond donors (Lipinski definition) is 3. The third-order valence-electron chi connectivity index (χ3n) is 2.89. The molecule has 4 N–H and O–H groups in total. The lowest BCUT2D eigenvalue weighted by molar-refractivity contribution is 0.601. The topological polar surface area (TPSA) is 101 Å². The van der Waals surface area contributed by atoms with Crippen molar-refractivity contribution in [1.29, 1.82) is 0 Å². The second-order valence-corrected chi connectivity index (χ2v) is 5.93. The van der Waals surface area contributed by atoms with Crippen molar-refractivity contribution in [2.75, 3.05) is 10.5 Å². The van der Waals surface area contributed by atoms with Gasteiger partial charge in [0.1, 0.15) is 5.82 Å². The molecule has 0 radical (unpaired) electrons. The first-order valence-corrected chi connectivity index (χ1v) is 7.33. The second kappa shape index (κ2) is 4.93. The third-order valence-corrected chi connectivity index (χ3v) is 4.23. The number of anilines is 2.